The first-order valence-electron chi connectivity index (χ1n) is 3.94. The number of allylic oxidation sites excluding steroid dienone is 2. The summed E-state index contributed by atoms with van der Waals surface area (Å²) < 4.78 is 5.43. The third-order valence-corrected chi connectivity index (χ3v) is 1.52. The Kier molecular flexibility index (Phi) is 3.35. The zero-order chi connectivity index (χ0) is 8.97. The van der Waals surface area contributed by atoms with E-state index in [0.29, 0.717) is 11.6 Å². The van der Waals surface area contributed by atoms with Crippen LogP contribution in [0.3, 0.4) is 0 Å². The van der Waals surface area contributed by atoms with Crippen molar-refractivity contribution in [2.75, 3.05) is 0 Å². The average Bonchev–Trinajstić information content (AvgIpc) is 2.15. The summed E-state index contributed by atoms with van der Waals surface area (Å²) in [5.74, 6) is 0.764. The Morgan fingerprint density at radius 3 is 3.00 bits per heavy atom. The highest BCUT2D eigenvalue weighted by atomic mass is 35.5. The third-order valence-electron chi connectivity index (χ3n) is 1.27. The summed E-state index contributed by atoms with van der Waals surface area (Å²) in [7, 11) is 0. The fraction of sp³-hybridized carbons (Fsp3) is 0.444. The Morgan fingerprint density at radius 1 is 1.58 bits per heavy atom. The second-order valence-electron chi connectivity index (χ2n) is 2.81. The molecule has 0 aliphatic carbocycles. The number of ether oxygens (including phenoxy) is 1. The smallest absolute Gasteiger partial charge is 0.137 e. The van der Waals surface area contributed by atoms with E-state index >= 15 is 0 Å². The van der Waals surface area contributed by atoms with Crippen LogP contribution in [0, 0.1) is 0 Å². The van der Waals surface area contributed by atoms with Gasteiger partial charge in [0.1, 0.15) is 10.9 Å². The van der Waals surface area contributed by atoms with Gasteiger partial charge in [-0.2, -0.15) is 0 Å². The number of hydrogen-bond donors (Lipinski definition) is 0. The predicted octanol–water partition coefficient (Wildman–Crippen LogP) is 2.85. The molecule has 0 bridgehead atoms. The van der Waals surface area contributed by atoms with Crippen LogP contribution in [-0.2, 0) is 4.74 Å². The molecule has 1 aliphatic rings. The van der Waals surface area contributed by atoms with Crippen LogP contribution in [0.4, 0.5) is 0 Å². The average molecular weight is 186 g/mol. The highest BCUT2D eigenvalue weighted by molar-refractivity contribution is 6.65. The minimum absolute atomic E-state index is 0.174. The Bertz CT molecular complexity index is 241. The van der Waals surface area contributed by atoms with Crippen molar-refractivity contribution in [3.63, 3.8) is 0 Å². The monoisotopic (exact) mass is 185 g/mol. The standard InChI is InChI=1S/C9H12ClNO/c1-7(2)12-8-4-3-5-9(10)11-6-8/h3-4,6-7H,5H2,1-2H3. The zero-order valence-electron chi connectivity index (χ0n) is 7.25. The first kappa shape index (κ1) is 9.33. The summed E-state index contributed by atoms with van der Waals surface area (Å²) in [6, 6.07) is 0. The van der Waals surface area contributed by atoms with Crippen molar-refractivity contribution in [2.24, 2.45) is 4.99 Å². The Hall–Kier alpha value is -0.760. The predicted molar refractivity (Wildman–Crippen MR) is 51.3 cm³/mol. The van der Waals surface area contributed by atoms with Gasteiger partial charge in [0, 0.05) is 6.42 Å². The molecular weight excluding hydrogens is 174 g/mol. The molecule has 1 rings (SSSR count). The van der Waals surface area contributed by atoms with Gasteiger partial charge in [-0.1, -0.05) is 17.7 Å². The first-order chi connectivity index (χ1) is 5.68. The molecule has 0 spiro atoms. The number of rotatable bonds is 2. The lowest BCUT2D eigenvalue weighted by molar-refractivity contribution is 0.157. The van der Waals surface area contributed by atoms with Crippen molar-refractivity contribution in [2.45, 2.75) is 26.4 Å². The second kappa shape index (κ2) is 4.31. The van der Waals surface area contributed by atoms with Crippen LogP contribution in [-0.4, -0.2) is 11.3 Å². The molecule has 1 heterocycles. The van der Waals surface area contributed by atoms with E-state index in [1.807, 2.05) is 26.0 Å². The molecule has 0 N–H and O–H groups in total. The van der Waals surface area contributed by atoms with Crippen LogP contribution in [0.15, 0.2) is 29.1 Å². The molecule has 0 aromatic carbocycles. The summed E-state index contributed by atoms with van der Waals surface area (Å²) >= 11 is 5.72. The minimum atomic E-state index is 0.174. The molecule has 66 valence electrons. The van der Waals surface area contributed by atoms with E-state index in [-0.39, 0.29) is 6.10 Å². The van der Waals surface area contributed by atoms with Crippen LogP contribution in [0.1, 0.15) is 20.3 Å². The van der Waals surface area contributed by atoms with E-state index in [1.54, 1.807) is 6.20 Å². The highest BCUT2D eigenvalue weighted by Gasteiger charge is 2.00. The lowest BCUT2D eigenvalue weighted by Crippen LogP contribution is -2.00. The van der Waals surface area contributed by atoms with Crippen molar-refractivity contribution in [3.05, 3.63) is 24.1 Å². The quantitative estimate of drug-likeness (QED) is 0.649. The summed E-state index contributed by atoms with van der Waals surface area (Å²) in [4.78, 5) is 3.99. The maximum Gasteiger partial charge on any atom is 0.137 e. The SMILES string of the molecule is CC(C)OC1=CN=C(Cl)CC=C1. The molecule has 0 aromatic rings. The molecule has 1 aliphatic heterocycles. The minimum Gasteiger partial charge on any atom is -0.489 e. The van der Waals surface area contributed by atoms with Gasteiger partial charge in [0.25, 0.3) is 0 Å². The van der Waals surface area contributed by atoms with E-state index in [9.17, 15) is 0 Å². The topological polar surface area (TPSA) is 21.6 Å². The molecule has 3 heteroatoms. The van der Waals surface area contributed by atoms with Gasteiger partial charge in [0.15, 0.2) is 0 Å². The van der Waals surface area contributed by atoms with Crippen LogP contribution in [0.25, 0.3) is 0 Å². The molecule has 0 atom stereocenters. The van der Waals surface area contributed by atoms with Crippen LogP contribution >= 0.6 is 11.6 Å². The molecule has 0 aromatic heterocycles. The Labute approximate surface area is 77.6 Å². The normalized spacial score (nSPS) is 17.0. The van der Waals surface area contributed by atoms with Crippen molar-refractivity contribution < 1.29 is 4.74 Å². The van der Waals surface area contributed by atoms with Gasteiger partial charge in [0.2, 0.25) is 0 Å². The van der Waals surface area contributed by atoms with E-state index in [2.05, 4.69) is 4.99 Å². The number of nitrogens with zero attached hydrogens (tertiary/aromatic N) is 1. The largest absolute Gasteiger partial charge is 0.489 e. The molecule has 0 radical (unpaired) electrons. The lowest BCUT2D eigenvalue weighted by atomic mass is 10.4. The summed E-state index contributed by atoms with van der Waals surface area (Å²) in [5, 5.41) is 0.591. The van der Waals surface area contributed by atoms with Gasteiger partial charge in [-0.25, -0.2) is 4.99 Å². The fourth-order valence-corrected chi connectivity index (χ4v) is 0.981. The fourth-order valence-electron chi connectivity index (χ4n) is 0.844. The van der Waals surface area contributed by atoms with E-state index in [1.165, 1.54) is 0 Å². The number of halogens is 1. The highest BCUT2D eigenvalue weighted by Crippen LogP contribution is 2.10. The maximum atomic E-state index is 5.72. The van der Waals surface area contributed by atoms with Gasteiger partial charge >= 0.3 is 0 Å². The van der Waals surface area contributed by atoms with Crippen molar-refractivity contribution in [1.82, 2.24) is 0 Å². The van der Waals surface area contributed by atoms with Crippen molar-refractivity contribution >= 4 is 16.8 Å². The first-order valence-corrected chi connectivity index (χ1v) is 4.32. The summed E-state index contributed by atoms with van der Waals surface area (Å²) in [6.45, 7) is 3.95. The molecule has 0 saturated heterocycles. The van der Waals surface area contributed by atoms with Crippen LogP contribution in [0.5, 0.6) is 0 Å². The molecule has 0 unspecified atom stereocenters. The van der Waals surface area contributed by atoms with Gasteiger partial charge in [0.05, 0.1) is 12.3 Å². The number of aliphatic imine (C=N–C) groups is 1. The van der Waals surface area contributed by atoms with Gasteiger partial charge in [-0.3, -0.25) is 0 Å². The van der Waals surface area contributed by atoms with Crippen LogP contribution < -0.4 is 0 Å². The van der Waals surface area contributed by atoms with Crippen molar-refractivity contribution in [3.8, 4) is 0 Å². The van der Waals surface area contributed by atoms with Gasteiger partial charge in [-0.15, -0.1) is 0 Å². The third kappa shape index (κ3) is 3.09. The molecule has 0 saturated carbocycles. The summed E-state index contributed by atoms with van der Waals surface area (Å²) in [6.07, 6.45) is 6.33. The van der Waals surface area contributed by atoms with Crippen molar-refractivity contribution in [1.29, 1.82) is 0 Å². The molecule has 2 nitrogen and oxygen atoms in total. The van der Waals surface area contributed by atoms with Crippen LogP contribution in [0.2, 0.25) is 0 Å². The van der Waals surface area contributed by atoms with E-state index in [4.69, 9.17) is 16.3 Å². The lowest BCUT2D eigenvalue weighted by Gasteiger charge is -2.08. The second-order valence-corrected chi connectivity index (χ2v) is 3.25. The van der Waals surface area contributed by atoms with E-state index < -0.39 is 0 Å². The zero-order valence-corrected chi connectivity index (χ0v) is 8.01. The number of hydrogen-bond acceptors (Lipinski definition) is 2. The summed E-state index contributed by atoms with van der Waals surface area (Å²) in [5.41, 5.74) is 0. The Morgan fingerprint density at radius 2 is 2.33 bits per heavy atom. The molecule has 0 amide bonds. The van der Waals surface area contributed by atoms with Gasteiger partial charge < -0.3 is 4.74 Å². The van der Waals surface area contributed by atoms with E-state index in [0.717, 1.165) is 5.76 Å². The maximum absolute atomic E-state index is 5.72. The van der Waals surface area contributed by atoms with Gasteiger partial charge in [-0.05, 0) is 19.9 Å². The molecule has 12 heavy (non-hydrogen) atoms. The Balaban J connectivity index is 2.64. The molecule has 0 fully saturated rings. The molecular formula is C9H12ClNO.